The van der Waals surface area contributed by atoms with Crippen molar-refractivity contribution >= 4 is 104 Å². The third-order valence-electron chi connectivity index (χ3n) is 25.1. The maximum atomic E-state index is 15.6. The molecular weight excluding hydrogens is 1820 g/mol. The Bertz CT molecular complexity index is 6180. The van der Waals surface area contributed by atoms with Crippen molar-refractivity contribution in [2.45, 2.75) is 227 Å². The van der Waals surface area contributed by atoms with E-state index in [9.17, 15) is 33.9 Å². The van der Waals surface area contributed by atoms with Gasteiger partial charge in [0.05, 0.1) is 95.1 Å². The number of likely N-dealkylation sites (tertiary alicyclic amines) is 4. The van der Waals surface area contributed by atoms with Crippen molar-refractivity contribution in [2.75, 3.05) is 26.2 Å². The van der Waals surface area contributed by atoms with Crippen LogP contribution in [0.25, 0.3) is 41.8 Å². The number of hydrogen-bond donors (Lipinski definition) is 6. The van der Waals surface area contributed by atoms with Crippen molar-refractivity contribution in [1.29, 1.82) is 0 Å². The molecule has 0 unspecified atom stereocenters. The number of carbonyl (C=O) groups excluding carboxylic acids is 8. The summed E-state index contributed by atoms with van der Waals surface area (Å²) in [7, 11) is 0. The molecule has 8 amide bonds. The Kier molecular flexibility index (Phi) is 30.1. The minimum atomic E-state index is -1.10. The summed E-state index contributed by atoms with van der Waals surface area (Å²) >= 11 is 7.14. The lowest BCUT2D eigenvalue weighted by Gasteiger charge is -2.29. The predicted molar refractivity (Wildman–Crippen MR) is 505 cm³/mol. The van der Waals surface area contributed by atoms with Crippen LogP contribution in [0.5, 0.6) is 6.01 Å². The molecule has 6 N–H and O–H groups in total. The van der Waals surface area contributed by atoms with Crippen LogP contribution in [0.3, 0.4) is 0 Å². The monoisotopic (exact) mass is 1930 g/mol. The SMILES string of the molecule is Cc1nnc([C@H](C(=O)N2C[C@H](OCc3nnc([C@H](C(=O)N4C[C@H](OCc5noc([C@H](C(=O)N6C[C@H](Oc7nsc([C@H](C(=O)N8C[C@H](O)C[C@H]8C(=O)NCc8ccc(-c9scnc9C)cc8)C(C)C)n7)C[C@H]6C(=O)NCc6ccc(-c7scnc7C)cc6)C(C)C)n5)C[C@H]4C(=O)NCc4ccc(-c5scnc5C)cc4)C(C)C)[nH]3)C[C@H]2C(=O)NCc2ccc(-c3scnc3C)cc2)C(C)C)o1. The van der Waals surface area contributed by atoms with Gasteiger partial charge in [-0.25, -0.2) is 19.9 Å². The van der Waals surface area contributed by atoms with Crippen molar-refractivity contribution < 1.29 is 66.6 Å². The molecule has 4 aliphatic heterocycles. The molecule has 0 bridgehead atoms. The van der Waals surface area contributed by atoms with Gasteiger partial charge >= 0.3 is 6.01 Å². The molecular formula is C95H109N21O14S5. The molecule has 12 heterocycles. The van der Waals surface area contributed by atoms with Crippen LogP contribution in [-0.2, 0) is 87.2 Å². The van der Waals surface area contributed by atoms with Gasteiger partial charge in [0.1, 0.15) is 72.1 Å². The Balaban J connectivity index is 0.598. The van der Waals surface area contributed by atoms with Crippen LogP contribution in [0.2, 0.25) is 0 Å². The molecule has 4 saturated heterocycles. The summed E-state index contributed by atoms with van der Waals surface area (Å²) in [5.74, 6) is -7.80. The minimum absolute atomic E-state index is 0.00868. The third-order valence-corrected chi connectivity index (χ3v) is 29.8. The number of nitrogens with zero attached hydrogens (tertiary/aromatic N) is 16. The van der Waals surface area contributed by atoms with E-state index < -0.39 is 120 Å². The smallest absolute Gasteiger partial charge is 0.328 e. The van der Waals surface area contributed by atoms with E-state index >= 15 is 9.59 Å². The fourth-order valence-corrected chi connectivity index (χ4v) is 22.0. The molecule has 0 saturated carbocycles. The minimum Gasteiger partial charge on any atom is -0.458 e. The second kappa shape index (κ2) is 42.4. The largest absolute Gasteiger partial charge is 0.458 e. The average molecular weight is 1930 g/mol. The van der Waals surface area contributed by atoms with E-state index in [0.717, 1.165) is 98.3 Å². The van der Waals surface area contributed by atoms with E-state index in [4.69, 9.17) is 33.1 Å². The fraction of sp³-hybridized carbons (Fsp3) is 0.453. The summed E-state index contributed by atoms with van der Waals surface area (Å²) < 4.78 is 36.1. The highest BCUT2D eigenvalue weighted by Crippen LogP contribution is 2.40. The highest BCUT2D eigenvalue weighted by atomic mass is 32.1. The average Bonchev–Trinajstić information content (AvgIpc) is 1.73. The lowest BCUT2D eigenvalue weighted by Crippen LogP contribution is -2.48. The van der Waals surface area contributed by atoms with E-state index in [-0.39, 0.29) is 150 Å². The Morgan fingerprint density at radius 2 is 0.807 bits per heavy atom. The second-order valence-corrected chi connectivity index (χ2v) is 40.3. The van der Waals surface area contributed by atoms with Gasteiger partial charge in [-0.3, -0.25) is 38.4 Å². The Hall–Kier alpha value is -12.2. The standard InChI is InChI=1S/C95H109N21O14S5/c1-48(2)75(83-104-73(108-109-83)42-126-66-31-71(115(40-66)93(124)77(50(5)6)89-110-107-56(13)128-89)86(120)98-36-59-18-26-63(27-19-59)81-54(11)102-46-133-81)91(122)114-39-67(32-70(114)85(119)97-35-58-16-24-62(25-17-58)80-53(10)101-45-132-80)127-43-74-105-88(130-111-74)76(49(3)4)92(123)116-41-68(33-72(116)87(121)99-37-60-20-28-64(29-21-60)82-55(12)103-47-134-82)129-95-106-90(135-112-95)78(51(7)8)94(125)113-38-65(117)30-69(113)84(118)96-34-57-14-22-61(23-15-57)79-52(9)100-44-131-79/h14-29,44-51,65-72,75-78,117H,30-43H2,1-13H3,(H,96,118)(H,97,119)(H,98,120)(H,99,121)(H,104,108,109)/t65-,66-,67-,68-,69+,70+,71+,72+,75-,76-,77-,78-/m1/s1. The van der Waals surface area contributed by atoms with Gasteiger partial charge in [0.2, 0.25) is 64.9 Å². The number of H-pyrrole nitrogens is 1. The first-order valence-corrected chi connectivity index (χ1v) is 49.5. The maximum absolute atomic E-state index is 15.6. The first-order valence-electron chi connectivity index (χ1n) is 45.2. The summed E-state index contributed by atoms with van der Waals surface area (Å²) in [6.45, 7) is 24.4. The molecule has 40 heteroatoms. The van der Waals surface area contributed by atoms with Crippen LogP contribution in [0.1, 0.15) is 190 Å². The lowest BCUT2D eigenvalue weighted by atomic mass is 9.93. The molecule has 0 spiro atoms. The van der Waals surface area contributed by atoms with E-state index in [1.54, 1.807) is 51.6 Å². The highest BCUT2D eigenvalue weighted by molar-refractivity contribution is 7.14. The van der Waals surface area contributed by atoms with Crippen LogP contribution in [0, 0.1) is 58.3 Å². The molecule has 16 rings (SSSR count). The lowest BCUT2D eigenvalue weighted by molar-refractivity contribution is -0.141. The molecule has 0 radical (unpaired) electrons. The zero-order valence-electron chi connectivity index (χ0n) is 77.1. The molecule has 12 atom stereocenters. The number of aromatic amines is 1. The van der Waals surface area contributed by atoms with Crippen LogP contribution >= 0.6 is 56.9 Å². The number of β-amino-alcohol motifs (C(OH)–C–C–N with tert-alkyl or cyclic N) is 1. The molecule has 4 aliphatic rings. The Labute approximate surface area is 800 Å². The Morgan fingerprint density at radius 1 is 0.437 bits per heavy atom. The van der Waals surface area contributed by atoms with Crippen molar-refractivity contribution in [3.63, 3.8) is 0 Å². The van der Waals surface area contributed by atoms with Gasteiger partial charge < -0.3 is 74.1 Å². The number of hydrogen-bond acceptors (Lipinski definition) is 31. The van der Waals surface area contributed by atoms with E-state index in [1.807, 2.05) is 180 Å². The Morgan fingerprint density at radius 3 is 1.20 bits per heavy atom. The van der Waals surface area contributed by atoms with Gasteiger partial charge in [0.15, 0.2) is 11.6 Å². The number of amides is 8. The van der Waals surface area contributed by atoms with Crippen molar-refractivity contribution in [3.8, 4) is 47.8 Å². The highest BCUT2D eigenvalue weighted by Gasteiger charge is 2.50. The summed E-state index contributed by atoms with van der Waals surface area (Å²) in [6.07, 6.45) is -2.98. The molecule has 4 fully saturated rings. The molecule has 708 valence electrons. The third kappa shape index (κ3) is 22.0. The number of aliphatic hydroxyl groups is 1. The van der Waals surface area contributed by atoms with Crippen LogP contribution in [0.4, 0.5) is 0 Å². The van der Waals surface area contributed by atoms with Crippen molar-refractivity contribution in [2.24, 2.45) is 23.7 Å². The van der Waals surface area contributed by atoms with Crippen molar-refractivity contribution in [1.82, 2.24) is 106 Å². The molecule has 12 aromatic rings. The van der Waals surface area contributed by atoms with Gasteiger partial charge in [0, 0.05) is 78.4 Å². The number of aliphatic hydroxyl groups excluding tert-OH is 1. The molecule has 35 nitrogen and oxygen atoms in total. The van der Waals surface area contributed by atoms with Crippen molar-refractivity contribution in [3.05, 3.63) is 204 Å². The van der Waals surface area contributed by atoms with E-state index in [2.05, 4.69) is 76.1 Å². The topological polar surface area (TPSA) is 442 Å². The first-order chi connectivity index (χ1) is 64.9. The predicted octanol–water partition coefficient (Wildman–Crippen LogP) is 12.1. The number of ether oxygens (including phenoxy) is 3. The number of benzene rings is 4. The second-order valence-electron chi connectivity index (χ2n) is 36.1. The summed E-state index contributed by atoms with van der Waals surface area (Å²) in [4.78, 5) is 159. The molecule has 135 heavy (non-hydrogen) atoms. The maximum Gasteiger partial charge on any atom is 0.328 e. The fourth-order valence-electron chi connectivity index (χ4n) is 17.9. The first kappa shape index (κ1) is 96.0. The van der Waals surface area contributed by atoms with Crippen LogP contribution < -0.4 is 26.0 Å². The molecule has 4 aromatic carbocycles. The normalized spacial score (nSPS) is 19.4. The molecule has 0 aliphatic carbocycles. The summed E-state index contributed by atoms with van der Waals surface area (Å²) in [5.41, 5.74) is 18.2. The number of rotatable bonds is 36. The number of aromatic nitrogens is 13. The zero-order valence-corrected chi connectivity index (χ0v) is 81.2. The quantitative estimate of drug-likeness (QED) is 0.0212. The van der Waals surface area contributed by atoms with E-state index in [0.29, 0.717) is 10.9 Å². The number of carbonyl (C=O) groups is 8. The number of nitrogens with one attached hydrogen (secondary N) is 5. The number of aryl methyl sites for hydroxylation is 5. The van der Waals surface area contributed by atoms with E-state index in [1.165, 1.54) is 42.3 Å². The molecule has 8 aromatic heterocycles. The van der Waals surface area contributed by atoms with Gasteiger partial charge in [-0.1, -0.05) is 158 Å². The summed E-state index contributed by atoms with van der Waals surface area (Å²) in [5, 5.41) is 45.1. The van der Waals surface area contributed by atoms with Crippen LogP contribution in [-0.4, -0.2) is 212 Å². The van der Waals surface area contributed by atoms with Gasteiger partial charge in [-0.2, -0.15) is 9.97 Å². The van der Waals surface area contributed by atoms with Crippen LogP contribution in [0.15, 0.2) is 128 Å². The zero-order chi connectivity index (χ0) is 95.2. The number of thiazole rings is 4. The van der Waals surface area contributed by atoms with Gasteiger partial charge in [0.25, 0.3) is 0 Å². The summed E-state index contributed by atoms with van der Waals surface area (Å²) in [6, 6.07) is 27.2. The van der Waals surface area contributed by atoms with Gasteiger partial charge in [-0.15, -0.1) is 70.1 Å². The van der Waals surface area contributed by atoms with Gasteiger partial charge in [-0.05, 0) is 107 Å².